The number of rotatable bonds is 3. The molecule has 1 aliphatic rings. The smallest absolute Gasteiger partial charge is 0.270 e. The fourth-order valence-corrected chi connectivity index (χ4v) is 4.77. The van der Waals surface area contributed by atoms with Gasteiger partial charge in [0.1, 0.15) is 5.69 Å². The summed E-state index contributed by atoms with van der Waals surface area (Å²) >= 11 is 0. The first kappa shape index (κ1) is 17.8. The van der Waals surface area contributed by atoms with E-state index in [-0.39, 0.29) is 5.91 Å². The Morgan fingerprint density at radius 2 is 1.63 bits per heavy atom. The average Bonchev–Trinajstić information content (AvgIpc) is 3.12. The van der Waals surface area contributed by atoms with Crippen LogP contribution in [0.3, 0.4) is 0 Å². The van der Waals surface area contributed by atoms with Crippen LogP contribution in [0.4, 0.5) is 0 Å². The van der Waals surface area contributed by atoms with Gasteiger partial charge in [-0.1, -0.05) is 35.9 Å². The van der Waals surface area contributed by atoms with Crippen LogP contribution in [-0.4, -0.2) is 54.7 Å². The number of benzene rings is 2. The molecule has 0 aliphatic carbocycles. The number of hydrogen-bond donors (Lipinski definition) is 1. The monoisotopic (exact) mass is 383 g/mol. The first-order chi connectivity index (χ1) is 12.9. The van der Waals surface area contributed by atoms with Gasteiger partial charge in [0, 0.05) is 37.1 Å². The molecule has 1 saturated heterocycles. The van der Waals surface area contributed by atoms with Gasteiger partial charge in [0.25, 0.3) is 5.91 Å². The maximum Gasteiger partial charge on any atom is 0.270 e. The Balaban J connectivity index is 1.46. The predicted octanol–water partition coefficient (Wildman–Crippen LogP) is 2.62. The molecule has 1 fully saturated rings. The average molecular weight is 383 g/mol. The lowest BCUT2D eigenvalue weighted by Crippen LogP contribution is -2.50. The summed E-state index contributed by atoms with van der Waals surface area (Å²) in [5, 5.41) is 0.987. The van der Waals surface area contributed by atoms with E-state index in [2.05, 4.69) is 4.98 Å². The van der Waals surface area contributed by atoms with Gasteiger partial charge in [0.15, 0.2) is 0 Å². The zero-order chi connectivity index (χ0) is 19.0. The molecular formula is C20H21N3O3S. The fourth-order valence-electron chi connectivity index (χ4n) is 3.35. The largest absolute Gasteiger partial charge is 0.351 e. The Bertz CT molecular complexity index is 1050. The van der Waals surface area contributed by atoms with Crippen LogP contribution in [0.15, 0.2) is 59.5 Å². The molecule has 6 nitrogen and oxygen atoms in total. The molecule has 140 valence electrons. The summed E-state index contributed by atoms with van der Waals surface area (Å²) in [4.78, 5) is 17.9. The van der Waals surface area contributed by atoms with E-state index in [0.29, 0.717) is 36.8 Å². The van der Waals surface area contributed by atoms with Gasteiger partial charge in [-0.3, -0.25) is 4.79 Å². The quantitative estimate of drug-likeness (QED) is 0.756. The number of amides is 1. The van der Waals surface area contributed by atoms with Crippen LogP contribution < -0.4 is 0 Å². The number of hydrogen-bond acceptors (Lipinski definition) is 3. The molecule has 1 aromatic heterocycles. The molecule has 0 unspecified atom stereocenters. The molecule has 0 radical (unpaired) electrons. The fraction of sp³-hybridized carbons (Fsp3) is 0.250. The highest BCUT2D eigenvalue weighted by Gasteiger charge is 2.30. The molecular weight excluding hydrogens is 362 g/mol. The van der Waals surface area contributed by atoms with E-state index in [9.17, 15) is 13.2 Å². The van der Waals surface area contributed by atoms with E-state index in [4.69, 9.17) is 0 Å². The molecule has 4 rings (SSSR count). The lowest BCUT2D eigenvalue weighted by Gasteiger charge is -2.33. The van der Waals surface area contributed by atoms with Crippen LogP contribution in [0.1, 0.15) is 16.1 Å². The first-order valence-electron chi connectivity index (χ1n) is 8.89. The number of para-hydroxylation sites is 1. The van der Waals surface area contributed by atoms with Gasteiger partial charge in [-0.25, -0.2) is 8.42 Å². The number of carbonyl (C=O) groups is 1. The molecule has 1 amide bonds. The minimum Gasteiger partial charge on any atom is -0.351 e. The number of sulfonamides is 1. The van der Waals surface area contributed by atoms with Crippen molar-refractivity contribution < 1.29 is 13.2 Å². The number of H-pyrrole nitrogens is 1. The number of aryl methyl sites for hydroxylation is 1. The Labute approximate surface area is 158 Å². The minimum atomic E-state index is -3.53. The van der Waals surface area contributed by atoms with Gasteiger partial charge in [0.05, 0.1) is 4.90 Å². The van der Waals surface area contributed by atoms with Crippen molar-refractivity contribution in [3.8, 4) is 0 Å². The van der Waals surface area contributed by atoms with Crippen molar-refractivity contribution in [3.05, 3.63) is 65.9 Å². The van der Waals surface area contributed by atoms with Crippen LogP contribution in [0.25, 0.3) is 10.9 Å². The highest BCUT2D eigenvalue weighted by molar-refractivity contribution is 7.89. The second-order valence-electron chi connectivity index (χ2n) is 6.78. The molecule has 2 aromatic carbocycles. The van der Waals surface area contributed by atoms with Gasteiger partial charge in [0.2, 0.25) is 10.0 Å². The maximum atomic E-state index is 12.8. The van der Waals surface area contributed by atoms with Crippen molar-refractivity contribution in [2.45, 2.75) is 11.8 Å². The number of fused-ring (bicyclic) bond motifs is 1. The third kappa shape index (κ3) is 3.36. The van der Waals surface area contributed by atoms with Crippen LogP contribution in [0, 0.1) is 6.92 Å². The standard InChI is InChI=1S/C20H21N3O3S/c1-15-6-8-17(9-7-15)27(25,26)23-12-10-22(11-13-23)20(24)19-14-16-4-2-3-5-18(16)21-19/h2-9,14,21H,10-13H2,1H3. The second kappa shape index (κ2) is 6.83. The molecule has 0 atom stereocenters. The number of carbonyl (C=O) groups excluding carboxylic acids is 1. The van der Waals surface area contributed by atoms with E-state index in [1.54, 1.807) is 29.2 Å². The zero-order valence-corrected chi connectivity index (χ0v) is 15.9. The summed E-state index contributed by atoms with van der Waals surface area (Å²) in [6, 6.07) is 16.4. The van der Waals surface area contributed by atoms with Crippen LogP contribution in [0.2, 0.25) is 0 Å². The van der Waals surface area contributed by atoms with Crippen LogP contribution in [-0.2, 0) is 10.0 Å². The van der Waals surface area contributed by atoms with E-state index >= 15 is 0 Å². The Hall–Kier alpha value is -2.64. The third-order valence-corrected chi connectivity index (χ3v) is 6.86. The van der Waals surface area contributed by atoms with Crippen molar-refractivity contribution in [3.63, 3.8) is 0 Å². The summed E-state index contributed by atoms with van der Waals surface area (Å²) in [6.07, 6.45) is 0. The third-order valence-electron chi connectivity index (χ3n) is 4.94. The molecule has 0 saturated carbocycles. The van der Waals surface area contributed by atoms with Gasteiger partial charge in [-0.05, 0) is 31.2 Å². The minimum absolute atomic E-state index is 0.0985. The van der Waals surface area contributed by atoms with Crippen molar-refractivity contribution in [1.29, 1.82) is 0 Å². The Kier molecular flexibility index (Phi) is 4.49. The van der Waals surface area contributed by atoms with Gasteiger partial charge in [-0.15, -0.1) is 0 Å². The van der Waals surface area contributed by atoms with Crippen LogP contribution >= 0.6 is 0 Å². The summed E-state index contributed by atoms with van der Waals surface area (Å²) in [6.45, 7) is 3.26. The number of nitrogens with zero attached hydrogens (tertiary/aromatic N) is 2. The van der Waals surface area contributed by atoms with E-state index in [0.717, 1.165) is 16.5 Å². The lowest BCUT2D eigenvalue weighted by atomic mass is 10.2. The summed E-state index contributed by atoms with van der Waals surface area (Å²) in [5.41, 5.74) is 2.47. The summed E-state index contributed by atoms with van der Waals surface area (Å²) in [7, 11) is -3.53. The molecule has 27 heavy (non-hydrogen) atoms. The van der Waals surface area contributed by atoms with Crippen LogP contribution in [0.5, 0.6) is 0 Å². The van der Waals surface area contributed by atoms with E-state index in [1.165, 1.54) is 4.31 Å². The van der Waals surface area contributed by atoms with E-state index < -0.39 is 10.0 Å². The first-order valence-corrected chi connectivity index (χ1v) is 10.3. The Morgan fingerprint density at radius 3 is 2.30 bits per heavy atom. The lowest BCUT2D eigenvalue weighted by molar-refractivity contribution is 0.0693. The molecule has 0 bridgehead atoms. The SMILES string of the molecule is Cc1ccc(S(=O)(=O)N2CCN(C(=O)c3cc4ccccc4[nH]3)CC2)cc1. The van der Waals surface area contributed by atoms with Gasteiger partial charge < -0.3 is 9.88 Å². The zero-order valence-electron chi connectivity index (χ0n) is 15.1. The molecule has 1 N–H and O–H groups in total. The van der Waals surface area contributed by atoms with Crippen molar-refractivity contribution in [2.75, 3.05) is 26.2 Å². The number of nitrogens with one attached hydrogen (secondary N) is 1. The van der Waals surface area contributed by atoms with Crippen molar-refractivity contribution in [1.82, 2.24) is 14.2 Å². The number of aromatic amines is 1. The highest BCUT2D eigenvalue weighted by atomic mass is 32.2. The van der Waals surface area contributed by atoms with Gasteiger partial charge in [-0.2, -0.15) is 4.31 Å². The predicted molar refractivity (Wildman–Crippen MR) is 104 cm³/mol. The van der Waals surface area contributed by atoms with Crippen molar-refractivity contribution >= 4 is 26.8 Å². The maximum absolute atomic E-state index is 12.8. The number of piperazine rings is 1. The Morgan fingerprint density at radius 1 is 0.963 bits per heavy atom. The van der Waals surface area contributed by atoms with E-state index in [1.807, 2.05) is 37.3 Å². The van der Waals surface area contributed by atoms with Gasteiger partial charge >= 0.3 is 0 Å². The number of aromatic nitrogens is 1. The molecule has 1 aliphatic heterocycles. The highest BCUT2D eigenvalue weighted by Crippen LogP contribution is 2.20. The summed E-state index contributed by atoms with van der Waals surface area (Å²) < 4.78 is 27.0. The second-order valence-corrected chi connectivity index (χ2v) is 8.72. The normalized spacial score (nSPS) is 16.0. The van der Waals surface area contributed by atoms with Crippen molar-refractivity contribution in [2.24, 2.45) is 0 Å². The molecule has 2 heterocycles. The summed E-state index contributed by atoms with van der Waals surface area (Å²) in [5.74, 6) is -0.0985. The molecule has 7 heteroatoms. The topological polar surface area (TPSA) is 73.5 Å². The molecule has 0 spiro atoms. The molecule has 3 aromatic rings.